The van der Waals surface area contributed by atoms with Gasteiger partial charge in [-0.3, -0.25) is 10.1 Å². The highest BCUT2D eigenvalue weighted by molar-refractivity contribution is 7.09. The summed E-state index contributed by atoms with van der Waals surface area (Å²) in [6.45, 7) is 5.28. The molecule has 2 saturated heterocycles. The third kappa shape index (κ3) is 3.15. The number of carbonyl (C=O) groups is 1. The van der Waals surface area contributed by atoms with Crippen molar-refractivity contribution in [1.82, 2.24) is 10.2 Å². The quantitative estimate of drug-likeness (QED) is 0.848. The smallest absolute Gasteiger partial charge is 0.326 e. The van der Waals surface area contributed by atoms with E-state index in [1.807, 2.05) is 6.92 Å². The summed E-state index contributed by atoms with van der Waals surface area (Å²) in [6, 6.07) is 4.71. The van der Waals surface area contributed by atoms with Crippen LogP contribution in [0.15, 0.2) is 17.5 Å². The molecule has 4 nitrogen and oxygen atoms in total. The van der Waals surface area contributed by atoms with Crippen LogP contribution >= 0.6 is 11.3 Å². The molecular formula is C16H24N2O2S. The van der Waals surface area contributed by atoms with E-state index in [0.29, 0.717) is 12.6 Å². The van der Waals surface area contributed by atoms with Crippen LogP contribution in [0.5, 0.6) is 0 Å². The first kappa shape index (κ1) is 15.0. The average molecular weight is 308 g/mol. The first-order chi connectivity index (χ1) is 10.2. The summed E-state index contributed by atoms with van der Waals surface area (Å²) in [7, 11) is 0. The zero-order valence-corrected chi connectivity index (χ0v) is 13.5. The van der Waals surface area contributed by atoms with Crippen LogP contribution in [-0.2, 0) is 16.1 Å². The number of rotatable bonds is 5. The van der Waals surface area contributed by atoms with Crippen LogP contribution in [0.1, 0.15) is 37.5 Å². The van der Waals surface area contributed by atoms with Crippen molar-refractivity contribution in [1.29, 1.82) is 0 Å². The lowest BCUT2D eigenvalue weighted by atomic mass is 9.83. The first-order valence-corrected chi connectivity index (χ1v) is 8.80. The molecule has 116 valence electrons. The van der Waals surface area contributed by atoms with Crippen molar-refractivity contribution in [2.45, 2.75) is 50.7 Å². The highest BCUT2D eigenvalue weighted by Gasteiger charge is 2.47. The molecule has 1 aromatic rings. The number of ether oxygens (including phenoxy) is 1. The molecule has 2 aliphatic rings. The highest BCUT2D eigenvalue weighted by atomic mass is 32.1. The molecule has 0 saturated carbocycles. The Morgan fingerprint density at radius 3 is 3.24 bits per heavy atom. The van der Waals surface area contributed by atoms with Gasteiger partial charge in [-0.2, -0.15) is 0 Å². The summed E-state index contributed by atoms with van der Waals surface area (Å²) >= 11 is 1.73. The van der Waals surface area contributed by atoms with E-state index in [4.69, 9.17) is 4.74 Å². The summed E-state index contributed by atoms with van der Waals surface area (Å²) < 4.78 is 5.39. The number of hydrogen-bond acceptors (Lipinski definition) is 5. The van der Waals surface area contributed by atoms with Crippen molar-refractivity contribution in [2.75, 3.05) is 19.7 Å². The van der Waals surface area contributed by atoms with Gasteiger partial charge in [0.05, 0.1) is 6.61 Å². The Labute approximate surface area is 130 Å². The van der Waals surface area contributed by atoms with Crippen molar-refractivity contribution >= 4 is 17.3 Å². The molecule has 0 amide bonds. The Bertz CT molecular complexity index is 477. The molecule has 1 N–H and O–H groups in total. The molecule has 2 aliphatic heterocycles. The van der Waals surface area contributed by atoms with Crippen molar-refractivity contribution in [3.63, 3.8) is 0 Å². The second-order valence-electron chi connectivity index (χ2n) is 6.02. The van der Waals surface area contributed by atoms with E-state index in [2.05, 4.69) is 27.7 Å². The predicted molar refractivity (Wildman–Crippen MR) is 84.4 cm³/mol. The molecular weight excluding hydrogens is 284 g/mol. The molecule has 5 heteroatoms. The molecule has 0 aliphatic carbocycles. The monoisotopic (exact) mass is 308 g/mol. The minimum atomic E-state index is -0.495. The number of hydrogen-bond donors (Lipinski definition) is 1. The van der Waals surface area contributed by atoms with Gasteiger partial charge in [0.2, 0.25) is 0 Å². The minimum absolute atomic E-state index is 0.0619. The van der Waals surface area contributed by atoms with Crippen LogP contribution < -0.4 is 5.32 Å². The maximum Gasteiger partial charge on any atom is 0.326 e. The van der Waals surface area contributed by atoms with Crippen LogP contribution in [0.3, 0.4) is 0 Å². The molecule has 3 rings (SSSR count). The molecule has 2 unspecified atom stereocenters. The number of nitrogens with zero attached hydrogens (tertiary/aromatic N) is 1. The number of esters is 1. The lowest BCUT2D eigenvalue weighted by Crippen LogP contribution is -2.60. The van der Waals surface area contributed by atoms with Crippen molar-refractivity contribution in [3.8, 4) is 0 Å². The Morgan fingerprint density at radius 2 is 2.48 bits per heavy atom. The maximum absolute atomic E-state index is 12.6. The van der Waals surface area contributed by atoms with Crippen molar-refractivity contribution in [3.05, 3.63) is 22.4 Å². The number of fused-ring (bicyclic) bond motifs is 1. The zero-order chi connectivity index (χ0) is 14.7. The summed E-state index contributed by atoms with van der Waals surface area (Å²) in [5, 5.41) is 5.62. The van der Waals surface area contributed by atoms with Gasteiger partial charge in [-0.05, 0) is 50.6 Å². The summed E-state index contributed by atoms with van der Waals surface area (Å²) in [4.78, 5) is 16.4. The van der Waals surface area contributed by atoms with E-state index < -0.39 is 5.54 Å². The SMILES string of the molecule is CCOC(=O)C1(NCc2cccs2)CCN2CCCC2C1. The Morgan fingerprint density at radius 1 is 1.57 bits per heavy atom. The van der Waals surface area contributed by atoms with E-state index in [1.54, 1.807) is 11.3 Å². The summed E-state index contributed by atoms with van der Waals surface area (Å²) in [5.74, 6) is -0.0619. The minimum Gasteiger partial charge on any atom is -0.465 e. The van der Waals surface area contributed by atoms with E-state index in [1.165, 1.54) is 24.3 Å². The number of piperidine rings is 1. The molecule has 0 spiro atoms. The normalized spacial score (nSPS) is 29.3. The fourth-order valence-electron chi connectivity index (χ4n) is 3.62. The average Bonchev–Trinajstić information content (AvgIpc) is 3.16. The number of thiophene rings is 1. The molecule has 1 aromatic heterocycles. The highest BCUT2D eigenvalue weighted by Crippen LogP contribution is 2.34. The van der Waals surface area contributed by atoms with Crippen LogP contribution in [0.25, 0.3) is 0 Å². The topological polar surface area (TPSA) is 41.6 Å². The van der Waals surface area contributed by atoms with Gasteiger partial charge >= 0.3 is 5.97 Å². The maximum atomic E-state index is 12.6. The van der Waals surface area contributed by atoms with Crippen LogP contribution in [-0.4, -0.2) is 42.1 Å². The largest absolute Gasteiger partial charge is 0.465 e. The zero-order valence-electron chi connectivity index (χ0n) is 12.6. The summed E-state index contributed by atoms with van der Waals surface area (Å²) in [5.41, 5.74) is -0.495. The molecule has 0 aromatic carbocycles. The standard InChI is InChI=1S/C16H24N2O2S/c1-2-20-15(19)16(17-12-14-6-4-10-21-14)7-9-18-8-3-5-13(18)11-16/h4,6,10,13,17H,2-3,5,7-9,11-12H2,1H3. The Hall–Kier alpha value is -0.910. The van der Waals surface area contributed by atoms with Crippen LogP contribution in [0, 0.1) is 0 Å². The Kier molecular flexibility index (Phi) is 4.62. The molecule has 0 bridgehead atoms. The van der Waals surface area contributed by atoms with E-state index in [9.17, 15) is 4.79 Å². The Balaban J connectivity index is 1.72. The second kappa shape index (κ2) is 6.46. The van der Waals surface area contributed by atoms with Crippen molar-refractivity contribution < 1.29 is 9.53 Å². The predicted octanol–water partition coefficient (Wildman–Crippen LogP) is 2.40. The fraction of sp³-hybridized carbons (Fsp3) is 0.688. The fourth-order valence-corrected chi connectivity index (χ4v) is 4.26. The molecule has 2 atom stereocenters. The molecule has 21 heavy (non-hydrogen) atoms. The van der Waals surface area contributed by atoms with Crippen molar-refractivity contribution in [2.24, 2.45) is 0 Å². The van der Waals surface area contributed by atoms with E-state index in [-0.39, 0.29) is 5.97 Å². The van der Waals surface area contributed by atoms with E-state index >= 15 is 0 Å². The third-order valence-electron chi connectivity index (χ3n) is 4.76. The summed E-state index contributed by atoms with van der Waals surface area (Å²) in [6.07, 6.45) is 4.21. The first-order valence-electron chi connectivity index (χ1n) is 7.92. The molecule has 0 radical (unpaired) electrons. The molecule has 3 heterocycles. The van der Waals surface area contributed by atoms with Gasteiger partial charge in [0.25, 0.3) is 0 Å². The number of carbonyl (C=O) groups excluding carboxylic acids is 1. The lowest BCUT2D eigenvalue weighted by Gasteiger charge is -2.42. The van der Waals surface area contributed by atoms with Gasteiger partial charge in [-0.25, -0.2) is 0 Å². The van der Waals surface area contributed by atoms with Gasteiger partial charge in [-0.1, -0.05) is 6.07 Å². The van der Waals surface area contributed by atoms with Gasteiger partial charge in [0.15, 0.2) is 0 Å². The van der Waals surface area contributed by atoms with Gasteiger partial charge in [0, 0.05) is 24.0 Å². The lowest BCUT2D eigenvalue weighted by molar-refractivity contribution is -0.154. The third-order valence-corrected chi connectivity index (χ3v) is 5.63. The van der Waals surface area contributed by atoms with Crippen LogP contribution in [0.2, 0.25) is 0 Å². The van der Waals surface area contributed by atoms with Crippen LogP contribution in [0.4, 0.5) is 0 Å². The number of nitrogens with one attached hydrogen (secondary N) is 1. The van der Waals surface area contributed by atoms with Gasteiger partial charge in [-0.15, -0.1) is 11.3 Å². The van der Waals surface area contributed by atoms with Gasteiger partial charge in [0.1, 0.15) is 5.54 Å². The van der Waals surface area contributed by atoms with E-state index in [0.717, 1.165) is 25.9 Å². The van der Waals surface area contributed by atoms with Gasteiger partial charge < -0.3 is 9.64 Å². The molecule has 2 fully saturated rings. The second-order valence-corrected chi connectivity index (χ2v) is 7.05.